The van der Waals surface area contributed by atoms with Gasteiger partial charge in [-0.15, -0.1) is 6.58 Å². The van der Waals surface area contributed by atoms with Crippen LogP contribution in [0.2, 0.25) is 0 Å². The van der Waals surface area contributed by atoms with Crippen LogP contribution in [0.5, 0.6) is 0 Å². The van der Waals surface area contributed by atoms with E-state index in [4.69, 9.17) is 0 Å². The molecule has 1 N–H and O–H groups in total. The van der Waals surface area contributed by atoms with Crippen molar-refractivity contribution in [1.29, 1.82) is 0 Å². The minimum atomic E-state index is -0.807. The Morgan fingerprint density at radius 1 is 1.30 bits per heavy atom. The van der Waals surface area contributed by atoms with Crippen LogP contribution in [0.4, 0.5) is 4.79 Å². The van der Waals surface area contributed by atoms with Crippen LogP contribution in [0.1, 0.15) is 53.9 Å². The zero-order valence-electron chi connectivity index (χ0n) is 15.4. The van der Waals surface area contributed by atoms with E-state index in [0.29, 0.717) is 6.42 Å². The lowest BCUT2D eigenvalue weighted by atomic mass is 9.60. The molecular weight excluding hydrogens is 290 g/mol. The first-order valence-corrected chi connectivity index (χ1v) is 8.62. The van der Waals surface area contributed by atoms with Crippen molar-refractivity contribution in [3.63, 3.8) is 0 Å². The molecule has 0 bridgehead atoms. The molecule has 0 saturated carbocycles. The highest BCUT2D eigenvalue weighted by atomic mass is 16.2. The number of piperidine rings is 1. The second-order valence-corrected chi connectivity index (χ2v) is 7.62. The maximum Gasteiger partial charge on any atom is 0.324 e. The molecule has 2 saturated heterocycles. The Hall–Kier alpha value is -1.36. The van der Waals surface area contributed by atoms with Crippen molar-refractivity contribution in [2.24, 2.45) is 5.92 Å². The van der Waals surface area contributed by atoms with Crippen LogP contribution < -0.4 is 5.32 Å². The number of amides is 3. The van der Waals surface area contributed by atoms with E-state index >= 15 is 0 Å². The highest BCUT2D eigenvalue weighted by Gasteiger charge is 2.65. The Morgan fingerprint density at radius 2 is 1.91 bits per heavy atom. The number of nitrogens with one attached hydrogen (secondary N) is 1. The van der Waals surface area contributed by atoms with E-state index in [9.17, 15) is 9.59 Å². The molecule has 5 nitrogen and oxygen atoms in total. The maximum atomic E-state index is 13.0. The lowest BCUT2D eigenvalue weighted by Gasteiger charge is -2.63. The van der Waals surface area contributed by atoms with E-state index in [-0.39, 0.29) is 28.9 Å². The van der Waals surface area contributed by atoms with Gasteiger partial charge in [-0.25, -0.2) is 4.79 Å². The minimum Gasteiger partial charge on any atom is -0.323 e. The van der Waals surface area contributed by atoms with Crippen LogP contribution in [-0.2, 0) is 4.79 Å². The van der Waals surface area contributed by atoms with Gasteiger partial charge < -0.3 is 5.32 Å². The number of carbonyl (C=O) groups is 2. The Morgan fingerprint density at radius 3 is 2.30 bits per heavy atom. The lowest BCUT2D eigenvalue weighted by molar-refractivity contribution is -0.152. The molecule has 23 heavy (non-hydrogen) atoms. The van der Waals surface area contributed by atoms with Crippen LogP contribution in [0.15, 0.2) is 12.7 Å². The quantitative estimate of drug-likeness (QED) is 0.640. The average Bonchev–Trinajstić information content (AvgIpc) is 2.74. The molecular formula is C18H31N3O2. The van der Waals surface area contributed by atoms with Gasteiger partial charge in [-0.1, -0.05) is 26.8 Å². The summed E-state index contributed by atoms with van der Waals surface area (Å²) in [7, 11) is 1.57. The Balaban J connectivity index is 2.60. The van der Waals surface area contributed by atoms with Crippen LogP contribution >= 0.6 is 0 Å². The van der Waals surface area contributed by atoms with Crippen molar-refractivity contribution in [3.05, 3.63) is 12.7 Å². The molecule has 0 aromatic carbocycles. The van der Waals surface area contributed by atoms with Crippen LogP contribution in [-0.4, -0.2) is 51.9 Å². The number of carbonyl (C=O) groups excluding carboxylic acids is 2. The van der Waals surface area contributed by atoms with Crippen molar-refractivity contribution >= 4 is 11.9 Å². The monoisotopic (exact) mass is 321 g/mol. The van der Waals surface area contributed by atoms with Crippen molar-refractivity contribution in [2.75, 3.05) is 13.6 Å². The van der Waals surface area contributed by atoms with Gasteiger partial charge in [-0.2, -0.15) is 0 Å². The van der Waals surface area contributed by atoms with Gasteiger partial charge in [0.15, 0.2) is 0 Å². The minimum absolute atomic E-state index is 0.0148. The molecule has 0 aromatic rings. The molecule has 2 heterocycles. The van der Waals surface area contributed by atoms with E-state index in [2.05, 4.69) is 51.4 Å². The van der Waals surface area contributed by atoms with Gasteiger partial charge in [0, 0.05) is 30.6 Å². The Labute approximate surface area is 140 Å². The van der Waals surface area contributed by atoms with Crippen molar-refractivity contribution in [3.8, 4) is 0 Å². The van der Waals surface area contributed by atoms with Crippen molar-refractivity contribution in [2.45, 2.75) is 70.5 Å². The van der Waals surface area contributed by atoms with Crippen LogP contribution in [0.25, 0.3) is 0 Å². The van der Waals surface area contributed by atoms with Crippen LogP contribution in [0.3, 0.4) is 0 Å². The van der Waals surface area contributed by atoms with Gasteiger partial charge in [0.25, 0.3) is 5.91 Å². The molecule has 3 amide bonds. The molecule has 4 atom stereocenters. The fraction of sp³-hybridized carbons (Fsp3) is 0.778. The zero-order valence-corrected chi connectivity index (χ0v) is 15.4. The molecule has 0 radical (unpaired) electrons. The molecule has 2 fully saturated rings. The third kappa shape index (κ3) is 2.24. The van der Waals surface area contributed by atoms with E-state index in [1.807, 2.05) is 6.08 Å². The smallest absolute Gasteiger partial charge is 0.323 e. The van der Waals surface area contributed by atoms with Crippen LogP contribution in [0, 0.1) is 5.92 Å². The highest BCUT2D eigenvalue weighted by molar-refractivity contribution is 6.07. The summed E-state index contributed by atoms with van der Waals surface area (Å²) in [6.45, 7) is 15.5. The molecule has 5 heteroatoms. The van der Waals surface area contributed by atoms with Gasteiger partial charge >= 0.3 is 6.03 Å². The van der Waals surface area contributed by atoms with E-state index in [1.54, 1.807) is 7.05 Å². The Kier molecular flexibility index (Phi) is 4.39. The third-order valence-corrected chi connectivity index (χ3v) is 6.71. The molecule has 2 aliphatic rings. The van der Waals surface area contributed by atoms with Gasteiger partial charge in [-0.05, 0) is 33.1 Å². The molecule has 2 rings (SSSR count). The summed E-state index contributed by atoms with van der Waals surface area (Å²) >= 11 is 0. The van der Waals surface area contributed by atoms with Crippen molar-refractivity contribution in [1.82, 2.24) is 15.1 Å². The number of nitrogens with zero attached hydrogens (tertiary/aromatic N) is 2. The number of rotatable bonds is 4. The number of likely N-dealkylation sites (tertiary alicyclic amines) is 1. The van der Waals surface area contributed by atoms with Gasteiger partial charge in [0.05, 0.1) is 0 Å². The number of likely N-dealkylation sites (N-methyl/N-ethyl adjacent to an activating group) is 1. The summed E-state index contributed by atoms with van der Waals surface area (Å²) in [4.78, 5) is 28.9. The lowest BCUT2D eigenvalue weighted by Crippen LogP contribution is -2.75. The number of urea groups is 1. The molecule has 2 aliphatic heterocycles. The SMILES string of the molecule is C=CCN1C(C)(CC)CC2(NC(=O)N(C)C2=O)C(C)C1(C)CC. The standard InChI is InChI=1S/C18H31N3O2/c1-8-11-21-16(5,9-2)12-18(13(4)17(21,6)10-3)14(22)20(7)15(23)19-18/h8,13H,1,9-12H2,2-7H3,(H,19,23). The summed E-state index contributed by atoms with van der Waals surface area (Å²) in [6, 6.07) is -0.282. The number of imide groups is 1. The predicted molar refractivity (Wildman–Crippen MR) is 92.1 cm³/mol. The number of hydrogen-bond donors (Lipinski definition) is 1. The Bertz CT molecular complexity index is 534. The molecule has 0 aromatic heterocycles. The summed E-state index contributed by atoms with van der Waals surface area (Å²) < 4.78 is 0. The van der Waals surface area contributed by atoms with Crippen molar-refractivity contribution < 1.29 is 9.59 Å². The highest BCUT2D eigenvalue weighted by Crippen LogP contribution is 2.51. The second-order valence-electron chi connectivity index (χ2n) is 7.62. The fourth-order valence-corrected chi connectivity index (χ4v) is 4.73. The topological polar surface area (TPSA) is 52.7 Å². The molecule has 1 spiro atoms. The summed E-state index contributed by atoms with van der Waals surface area (Å²) in [5.41, 5.74) is -1.16. The average molecular weight is 321 g/mol. The summed E-state index contributed by atoms with van der Waals surface area (Å²) in [5, 5.41) is 3.05. The normalized spacial score (nSPS) is 41.5. The predicted octanol–water partition coefficient (Wildman–Crippen LogP) is 2.77. The summed E-state index contributed by atoms with van der Waals surface area (Å²) in [5.74, 6) is -0.0754. The van der Waals surface area contributed by atoms with Gasteiger partial charge in [0.2, 0.25) is 0 Å². The van der Waals surface area contributed by atoms with E-state index in [1.165, 1.54) is 4.90 Å². The maximum absolute atomic E-state index is 13.0. The molecule has 130 valence electrons. The molecule has 4 unspecified atom stereocenters. The largest absolute Gasteiger partial charge is 0.324 e. The van der Waals surface area contributed by atoms with E-state index < -0.39 is 5.54 Å². The summed E-state index contributed by atoms with van der Waals surface area (Å²) in [6.07, 6.45) is 4.40. The third-order valence-electron chi connectivity index (χ3n) is 6.71. The van der Waals surface area contributed by atoms with E-state index in [0.717, 1.165) is 19.4 Å². The van der Waals surface area contributed by atoms with Gasteiger partial charge in [0.1, 0.15) is 5.54 Å². The zero-order chi connectivity index (χ0) is 17.6. The second kappa shape index (κ2) is 5.62. The molecule has 0 aliphatic carbocycles. The first-order chi connectivity index (χ1) is 10.6. The first kappa shape index (κ1) is 18.0. The first-order valence-electron chi connectivity index (χ1n) is 8.62. The number of hydrogen-bond acceptors (Lipinski definition) is 3. The van der Waals surface area contributed by atoms with Gasteiger partial charge in [-0.3, -0.25) is 14.6 Å². The fourth-order valence-electron chi connectivity index (χ4n) is 4.73.